The molecule has 3 aliphatic rings. The summed E-state index contributed by atoms with van der Waals surface area (Å²) in [5.41, 5.74) is 0.919. The zero-order valence-electron chi connectivity index (χ0n) is 14.4. The van der Waals surface area contributed by atoms with Crippen LogP contribution in [0.15, 0.2) is 10.6 Å². The van der Waals surface area contributed by atoms with Crippen LogP contribution in [0.3, 0.4) is 0 Å². The summed E-state index contributed by atoms with van der Waals surface area (Å²) < 4.78 is 11.0. The van der Waals surface area contributed by atoms with Gasteiger partial charge in [-0.1, -0.05) is 24.4 Å². The lowest BCUT2D eigenvalue weighted by molar-refractivity contribution is -0.136. The first-order chi connectivity index (χ1) is 12.2. The van der Waals surface area contributed by atoms with E-state index in [1.54, 1.807) is 4.90 Å². The van der Waals surface area contributed by atoms with Crippen LogP contribution in [0.2, 0.25) is 0 Å². The first-order valence-electron chi connectivity index (χ1n) is 9.37. The molecule has 0 aromatic carbocycles. The molecule has 3 fully saturated rings. The molecular formula is C18H25N3O4. The number of hydrogen-bond acceptors (Lipinski definition) is 5. The lowest BCUT2D eigenvalue weighted by atomic mass is 9.87. The third kappa shape index (κ3) is 3.56. The van der Waals surface area contributed by atoms with E-state index in [0.717, 1.165) is 25.0 Å². The van der Waals surface area contributed by atoms with Crippen LogP contribution in [0.5, 0.6) is 0 Å². The van der Waals surface area contributed by atoms with Crippen molar-refractivity contribution in [3.63, 3.8) is 0 Å². The minimum atomic E-state index is -0.112. The molecule has 7 heteroatoms. The highest BCUT2D eigenvalue weighted by Gasteiger charge is 2.34. The van der Waals surface area contributed by atoms with Crippen LogP contribution in [0, 0.1) is 0 Å². The maximum absolute atomic E-state index is 12.8. The fourth-order valence-electron chi connectivity index (χ4n) is 4.21. The van der Waals surface area contributed by atoms with E-state index < -0.39 is 0 Å². The van der Waals surface area contributed by atoms with Crippen LogP contribution in [0.1, 0.15) is 67.1 Å². The van der Waals surface area contributed by atoms with Gasteiger partial charge in [-0.3, -0.25) is 9.59 Å². The predicted octanol–water partition coefficient (Wildman–Crippen LogP) is 1.84. The second-order valence-corrected chi connectivity index (χ2v) is 7.34. The fourth-order valence-corrected chi connectivity index (χ4v) is 4.21. The zero-order chi connectivity index (χ0) is 17.2. The Morgan fingerprint density at radius 3 is 2.80 bits per heavy atom. The first kappa shape index (κ1) is 16.6. The number of hydrogen-bond donors (Lipinski definition) is 1. The molecule has 1 aromatic heterocycles. The van der Waals surface area contributed by atoms with E-state index in [9.17, 15) is 9.59 Å². The third-order valence-electron chi connectivity index (χ3n) is 5.67. The first-order valence-corrected chi connectivity index (χ1v) is 9.37. The Bertz CT molecular complexity index is 638. The van der Waals surface area contributed by atoms with Crippen LogP contribution in [0.25, 0.3) is 0 Å². The second-order valence-electron chi connectivity index (χ2n) is 7.34. The molecule has 7 nitrogen and oxygen atoms in total. The molecule has 3 heterocycles. The maximum atomic E-state index is 12.8. The topological polar surface area (TPSA) is 84.7 Å². The highest BCUT2D eigenvalue weighted by molar-refractivity contribution is 5.91. The molecular weight excluding hydrogens is 322 g/mol. The molecule has 4 rings (SSSR count). The van der Waals surface area contributed by atoms with Crippen molar-refractivity contribution in [1.82, 2.24) is 15.4 Å². The smallest absolute Gasteiger partial charge is 0.292 e. The summed E-state index contributed by atoms with van der Waals surface area (Å²) in [5.74, 6) is 0.568. The van der Waals surface area contributed by atoms with Crippen molar-refractivity contribution in [1.29, 1.82) is 0 Å². The van der Waals surface area contributed by atoms with Crippen LogP contribution in [-0.2, 0) is 9.53 Å². The summed E-state index contributed by atoms with van der Waals surface area (Å²) in [4.78, 5) is 26.1. The summed E-state index contributed by atoms with van der Waals surface area (Å²) in [5, 5.41) is 7.12. The van der Waals surface area contributed by atoms with E-state index in [0.29, 0.717) is 31.2 Å². The van der Waals surface area contributed by atoms with E-state index in [4.69, 9.17) is 9.26 Å². The average molecular weight is 347 g/mol. The van der Waals surface area contributed by atoms with Crippen molar-refractivity contribution in [2.45, 2.75) is 63.0 Å². The Morgan fingerprint density at radius 1 is 1.16 bits per heavy atom. The van der Waals surface area contributed by atoms with Crippen molar-refractivity contribution in [2.24, 2.45) is 0 Å². The fraction of sp³-hybridized carbons (Fsp3) is 0.722. The Labute approximate surface area is 147 Å². The van der Waals surface area contributed by atoms with Crippen LogP contribution in [-0.4, -0.2) is 53.7 Å². The van der Waals surface area contributed by atoms with E-state index in [1.165, 1.54) is 19.3 Å². The lowest BCUT2D eigenvalue weighted by Gasteiger charge is -2.30. The summed E-state index contributed by atoms with van der Waals surface area (Å²) in [7, 11) is 0. The standard InChI is InChI=1S/C18H25N3O4/c22-17-11-24-15-7-9-21(8-6-13(15)19-17)18(23)16-10-14(20-25-16)12-4-2-1-3-5-12/h10,12-13,15H,1-9,11H2,(H,19,22)/t13-,15-/m0/s1. The molecule has 2 aliphatic heterocycles. The number of carbonyl (C=O) groups is 2. The Balaban J connectivity index is 1.40. The van der Waals surface area contributed by atoms with Gasteiger partial charge in [-0.2, -0.15) is 0 Å². The van der Waals surface area contributed by atoms with Crippen molar-refractivity contribution in [3.8, 4) is 0 Å². The largest absolute Gasteiger partial charge is 0.366 e. The normalized spacial score (nSPS) is 28.2. The third-order valence-corrected chi connectivity index (χ3v) is 5.67. The van der Waals surface area contributed by atoms with Gasteiger partial charge in [0, 0.05) is 25.1 Å². The van der Waals surface area contributed by atoms with Gasteiger partial charge in [-0.25, -0.2) is 0 Å². The van der Waals surface area contributed by atoms with Gasteiger partial charge in [0.05, 0.1) is 17.8 Å². The molecule has 0 unspecified atom stereocenters. The number of morpholine rings is 1. The monoisotopic (exact) mass is 347 g/mol. The molecule has 0 spiro atoms. The number of rotatable bonds is 2. The molecule has 1 aliphatic carbocycles. The molecule has 25 heavy (non-hydrogen) atoms. The Kier molecular flexibility index (Phi) is 4.74. The summed E-state index contributed by atoms with van der Waals surface area (Å²) in [6.07, 6.45) is 7.40. The van der Waals surface area contributed by atoms with Crippen molar-refractivity contribution in [2.75, 3.05) is 19.7 Å². The predicted molar refractivity (Wildman–Crippen MR) is 89.1 cm³/mol. The molecule has 0 bridgehead atoms. The highest BCUT2D eigenvalue weighted by Crippen LogP contribution is 2.32. The zero-order valence-corrected chi connectivity index (χ0v) is 14.4. The van der Waals surface area contributed by atoms with Gasteiger partial charge >= 0.3 is 0 Å². The molecule has 1 saturated carbocycles. The van der Waals surface area contributed by atoms with E-state index in [2.05, 4.69) is 10.5 Å². The van der Waals surface area contributed by atoms with E-state index >= 15 is 0 Å². The van der Waals surface area contributed by atoms with Crippen molar-refractivity contribution in [3.05, 3.63) is 17.5 Å². The number of likely N-dealkylation sites (tertiary alicyclic amines) is 1. The quantitative estimate of drug-likeness (QED) is 0.882. The molecule has 1 aromatic rings. The maximum Gasteiger partial charge on any atom is 0.292 e. The molecule has 0 radical (unpaired) electrons. The van der Waals surface area contributed by atoms with Gasteiger partial charge in [-0.15, -0.1) is 0 Å². The number of fused-ring (bicyclic) bond motifs is 1. The summed E-state index contributed by atoms with van der Waals surface area (Å²) >= 11 is 0. The minimum Gasteiger partial charge on any atom is -0.366 e. The van der Waals surface area contributed by atoms with Crippen molar-refractivity contribution < 1.29 is 18.8 Å². The summed E-state index contributed by atoms with van der Waals surface area (Å²) in [6, 6.07) is 1.82. The lowest BCUT2D eigenvalue weighted by Crippen LogP contribution is -2.51. The number of amides is 2. The number of aromatic nitrogens is 1. The summed E-state index contributed by atoms with van der Waals surface area (Å²) in [6.45, 7) is 1.31. The van der Waals surface area contributed by atoms with Crippen LogP contribution in [0.4, 0.5) is 0 Å². The molecule has 2 saturated heterocycles. The van der Waals surface area contributed by atoms with E-state index in [-0.39, 0.29) is 30.6 Å². The molecule has 1 N–H and O–H groups in total. The second kappa shape index (κ2) is 7.15. The SMILES string of the molecule is O=C1CO[C@H]2CCN(C(=O)c3cc(C4CCCCC4)no3)CC[C@@H]2N1. The van der Waals surface area contributed by atoms with Gasteiger partial charge in [0.15, 0.2) is 0 Å². The number of carbonyl (C=O) groups excluding carboxylic acids is 2. The number of nitrogens with zero attached hydrogens (tertiary/aromatic N) is 2. The molecule has 2 amide bonds. The number of ether oxygens (including phenoxy) is 1. The van der Waals surface area contributed by atoms with Crippen LogP contribution >= 0.6 is 0 Å². The minimum absolute atomic E-state index is 0.00780. The molecule has 136 valence electrons. The molecule has 2 atom stereocenters. The highest BCUT2D eigenvalue weighted by atomic mass is 16.5. The average Bonchev–Trinajstić information content (AvgIpc) is 3.04. The van der Waals surface area contributed by atoms with Gasteiger partial charge in [0.2, 0.25) is 11.7 Å². The Morgan fingerprint density at radius 2 is 1.96 bits per heavy atom. The van der Waals surface area contributed by atoms with Crippen molar-refractivity contribution >= 4 is 11.8 Å². The van der Waals surface area contributed by atoms with Gasteiger partial charge in [-0.05, 0) is 25.7 Å². The van der Waals surface area contributed by atoms with Crippen LogP contribution < -0.4 is 5.32 Å². The number of nitrogens with one attached hydrogen (secondary N) is 1. The van der Waals surface area contributed by atoms with Gasteiger partial charge in [0.1, 0.15) is 6.61 Å². The Hall–Kier alpha value is -1.89. The van der Waals surface area contributed by atoms with Gasteiger partial charge < -0.3 is 19.5 Å². The van der Waals surface area contributed by atoms with E-state index in [1.807, 2.05) is 6.07 Å². The van der Waals surface area contributed by atoms with Gasteiger partial charge in [0.25, 0.3) is 5.91 Å².